The van der Waals surface area contributed by atoms with Crippen LogP contribution in [-0.2, 0) is 0 Å². The molecule has 0 N–H and O–H groups in total. The fraction of sp³-hybridized carbons (Fsp3) is 0. The Labute approximate surface area is 115 Å². The van der Waals surface area contributed by atoms with E-state index in [1.165, 1.54) is 17.0 Å². The first-order valence-electron chi connectivity index (χ1n) is 5.68. The van der Waals surface area contributed by atoms with Gasteiger partial charge >= 0.3 is 5.82 Å². The van der Waals surface area contributed by atoms with E-state index in [-0.39, 0.29) is 5.82 Å². The average molecular weight is 266 g/mol. The van der Waals surface area contributed by atoms with E-state index >= 15 is 0 Å². The molecule has 1 aromatic heterocycles. The molecular weight excluding hydrogens is 256 g/mol. The summed E-state index contributed by atoms with van der Waals surface area (Å²) >= 11 is 0. The smallest absolute Gasteiger partial charge is 0.347 e. The summed E-state index contributed by atoms with van der Waals surface area (Å²) in [6.45, 7) is 3.53. The van der Waals surface area contributed by atoms with Gasteiger partial charge in [-0.15, -0.1) is 0 Å². The van der Waals surface area contributed by atoms with Crippen LogP contribution in [0.5, 0.6) is 0 Å². The van der Waals surface area contributed by atoms with E-state index in [2.05, 4.69) is 11.6 Å². The van der Waals surface area contributed by atoms with Crippen LogP contribution in [-0.4, -0.2) is 14.5 Å². The summed E-state index contributed by atoms with van der Waals surface area (Å²) in [7, 11) is 0. The molecule has 2 rings (SSSR count). The summed E-state index contributed by atoms with van der Waals surface area (Å²) in [5, 5.41) is 19.5. The minimum absolute atomic E-state index is 0.139. The van der Waals surface area contributed by atoms with Crippen molar-refractivity contribution in [3.8, 4) is 6.07 Å². The summed E-state index contributed by atoms with van der Waals surface area (Å²) in [5.41, 5.74) is 1.44. The van der Waals surface area contributed by atoms with Gasteiger partial charge in [0, 0.05) is 6.08 Å². The van der Waals surface area contributed by atoms with Gasteiger partial charge in [0.2, 0.25) is 5.82 Å². The van der Waals surface area contributed by atoms with Crippen molar-refractivity contribution < 1.29 is 4.92 Å². The van der Waals surface area contributed by atoms with Crippen LogP contribution in [0.2, 0.25) is 0 Å². The number of aromatic nitrogens is 2. The number of nitro groups is 1. The molecule has 0 aliphatic heterocycles. The van der Waals surface area contributed by atoms with Crippen molar-refractivity contribution in [1.29, 1.82) is 5.26 Å². The van der Waals surface area contributed by atoms with Crippen LogP contribution in [0.25, 0.3) is 18.4 Å². The number of rotatable bonds is 4. The largest absolute Gasteiger partial charge is 0.358 e. The van der Waals surface area contributed by atoms with E-state index < -0.39 is 4.92 Å². The van der Waals surface area contributed by atoms with Gasteiger partial charge in [0.1, 0.15) is 6.20 Å². The average Bonchev–Trinajstić information content (AvgIpc) is 2.88. The predicted octanol–water partition coefficient (Wildman–Crippen LogP) is 2.93. The second-order valence-electron chi connectivity index (χ2n) is 3.85. The van der Waals surface area contributed by atoms with Crippen molar-refractivity contribution in [2.24, 2.45) is 0 Å². The second kappa shape index (κ2) is 5.63. The Balaban J connectivity index is 2.29. The molecule has 0 bridgehead atoms. The summed E-state index contributed by atoms with van der Waals surface area (Å²) < 4.78 is 1.29. The third-order valence-corrected chi connectivity index (χ3v) is 2.64. The SMILES string of the molecule is C=Cn1c([N+](=O)[O-])cnc1/C=C/c1ccc(C#N)cc1. The zero-order valence-electron chi connectivity index (χ0n) is 10.4. The van der Waals surface area contributed by atoms with Crippen LogP contribution in [0.1, 0.15) is 17.0 Å². The Hall–Kier alpha value is -3.20. The molecule has 0 aliphatic rings. The lowest BCUT2D eigenvalue weighted by molar-refractivity contribution is -0.390. The van der Waals surface area contributed by atoms with E-state index in [1.807, 2.05) is 6.07 Å². The van der Waals surface area contributed by atoms with Gasteiger partial charge in [-0.3, -0.25) is 0 Å². The standard InChI is InChI=1S/C14H10N4O2/c1-2-17-13(16-10-14(17)18(19)20)8-7-11-3-5-12(9-15)6-4-11/h2-8,10H,1H2/b8-7+. The molecule has 6 nitrogen and oxygen atoms in total. The molecule has 1 aromatic carbocycles. The van der Waals surface area contributed by atoms with E-state index in [1.54, 1.807) is 36.4 Å². The first-order valence-corrected chi connectivity index (χ1v) is 5.68. The lowest BCUT2D eigenvalue weighted by Crippen LogP contribution is -1.97. The number of nitrogens with zero attached hydrogens (tertiary/aromatic N) is 4. The Morgan fingerprint density at radius 1 is 1.35 bits per heavy atom. The summed E-state index contributed by atoms with van der Waals surface area (Å²) in [4.78, 5) is 14.2. The van der Waals surface area contributed by atoms with Crippen molar-refractivity contribution in [3.05, 3.63) is 64.1 Å². The second-order valence-corrected chi connectivity index (χ2v) is 3.85. The lowest BCUT2D eigenvalue weighted by atomic mass is 10.1. The van der Waals surface area contributed by atoms with Crippen LogP contribution in [0.4, 0.5) is 5.82 Å². The topological polar surface area (TPSA) is 84.8 Å². The molecule has 0 saturated carbocycles. The van der Waals surface area contributed by atoms with E-state index in [4.69, 9.17) is 5.26 Å². The van der Waals surface area contributed by atoms with Gasteiger partial charge in [-0.05, 0) is 28.7 Å². The zero-order chi connectivity index (χ0) is 14.5. The van der Waals surface area contributed by atoms with Gasteiger partial charge in [0.25, 0.3) is 0 Å². The third kappa shape index (κ3) is 2.62. The molecule has 0 fully saturated rings. The van der Waals surface area contributed by atoms with Gasteiger partial charge in [-0.2, -0.15) is 9.83 Å². The van der Waals surface area contributed by atoms with Crippen molar-refractivity contribution in [2.45, 2.75) is 0 Å². The minimum Gasteiger partial charge on any atom is -0.358 e. The highest BCUT2D eigenvalue weighted by molar-refractivity contribution is 5.68. The van der Waals surface area contributed by atoms with Crippen LogP contribution in [0.3, 0.4) is 0 Å². The van der Waals surface area contributed by atoms with Crippen molar-refractivity contribution >= 4 is 24.2 Å². The minimum atomic E-state index is -0.520. The first kappa shape index (κ1) is 13.2. The number of hydrogen-bond donors (Lipinski definition) is 0. The predicted molar refractivity (Wildman–Crippen MR) is 75.4 cm³/mol. The van der Waals surface area contributed by atoms with Crippen LogP contribution in [0, 0.1) is 21.4 Å². The molecule has 2 aromatic rings. The Kier molecular flexibility index (Phi) is 3.72. The fourth-order valence-electron chi connectivity index (χ4n) is 1.65. The maximum atomic E-state index is 10.8. The quantitative estimate of drug-likeness (QED) is 0.629. The number of imidazole rings is 1. The maximum absolute atomic E-state index is 10.8. The monoisotopic (exact) mass is 266 g/mol. The van der Waals surface area contributed by atoms with Gasteiger partial charge in [-0.25, -0.2) is 4.98 Å². The highest BCUT2D eigenvalue weighted by atomic mass is 16.6. The van der Waals surface area contributed by atoms with E-state index in [9.17, 15) is 10.1 Å². The van der Waals surface area contributed by atoms with E-state index in [0.717, 1.165) is 5.56 Å². The Bertz CT molecular complexity index is 721. The first-order chi connectivity index (χ1) is 9.65. The maximum Gasteiger partial charge on any atom is 0.347 e. The van der Waals surface area contributed by atoms with Crippen LogP contribution < -0.4 is 0 Å². The Morgan fingerprint density at radius 2 is 2.05 bits per heavy atom. The summed E-state index contributed by atoms with van der Waals surface area (Å²) in [6, 6.07) is 8.99. The zero-order valence-corrected chi connectivity index (χ0v) is 10.4. The molecule has 1 heterocycles. The molecule has 0 aliphatic carbocycles. The highest BCUT2D eigenvalue weighted by Crippen LogP contribution is 2.16. The highest BCUT2D eigenvalue weighted by Gasteiger charge is 2.15. The fourth-order valence-corrected chi connectivity index (χ4v) is 1.65. The summed E-state index contributed by atoms with van der Waals surface area (Å²) in [6.07, 6.45) is 5.92. The molecule has 0 atom stereocenters. The normalized spacial score (nSPS) is 10.3. The Morgan fingerprint density at radius 3 is 2.60 bits per heavy atom. The van der Waals surface area contributed by atoms with E-state index in [0.29, 0.717) is 11.4 Å². The number of nitriles is 1. The van der Waals surface area contributed by atoms with Crippen molar-refractivity contribution in [2.75, 3.05) is 0 Å². The van der Waals surface area contributed by atoms with Crippen molar-refractivity contribution in [3.63, 3.8) is 0 Å². The molecule has 0 radical (unpaired) electrons. The molecule has 98 valence electrons. The molecule has 20 heavy (non-hydrogen) atoms. The van der Waals surface area contributed by atoms with Gasteiger partial charge in [-0.1, -0.05) is 18.7 Å². The molecule has 0 unspecified atom stereocenters. The number of hydrogen-bond acceptors (Lipinski definition) is 4. The molecule has 6 heteroatoms. The molecule has 0 amide bonds. The molecule has 0 spiro atoms. The number of benzene rings is 1. The lowest BCUT2D eigenvalue weighted by Gasteiger charge is -1.95. The summed E-state index contributed by atoms with van der Waals surface area (Å²) in [5.74, 6) is 0.274. The van der Waals surface area contributed by atoms with Crippen LogP contribution in [0.15, 0.2) is 37.0 Å². The van der Waals surface area contributed by atoms with Gasteiger partial charge in [0.05, 0.1) is 17.8 Å². The third-order valence-electron chi connectivity index (χ3n) is 2.64. The molecule has 0 saturated heterocycles. The van der Waals surface area contributed by atoms with Gasteiger partial charge < -0.3 is 10.1 Å². The molecular formula is C14H10N4O2. The van der Waals surface area contributed by atoms with Crippen molar-refractivity contribution in [1.82, 2.24) is 9.55 Å². The van der Waals surface area contributed by atoms with Crippen LogP contribution >= 0.6 is 0 Å². The van der Waals surface area contributed by atoms with Gasteiger partial charge in [0.15, 0.2) is 0 Å².